The van der Waals surface area contributed by atoms with Gasteiger partial charge in [0.2, 0.25) is 0 Å². The van der Waals surface area contributed by atoms with Gasteiger partial charge in [-0.05, 0) is 31.1 Å². The maximum atomic E-state index is 12.7. The predicted molar refractivity (Wildman–Crippen MR) is 125 cm³/mol. The zero-order chi connectivity index (χ0) is 22.4. The molecule has 0 radical (unpaired) electrons. The number of halogens is 1. The summed E-state index contributed by atoms with van der Waals surface area (Å²) < 4.78 is 3.84. The van der Waals surface area contributed by atoms with Crippen LogP contribution >= 0.6 is 23.4 Å². The molecule has 3 rings (SSSR count). The number of benzene rings is 1. The molecule has 0 spiro atoms. The summed E-state index contributed by atoms with van der Waals surface area (Å²) in [5.41, 5.74) is 2.14. The third-order valence-electron chi connectivity index (χ3n) is 4.85. The molecule has 31 heavy (non-hydrogen) atoms. The smallest absolute Gasteiger partial charge is 0.256 e. The maximum Gasteiger partial charge on any atom is 0.256 e. The number of hydrogen-bond donors (Lipinski definition) is 1. The molecule has 1 N–H and O–H groups in total. The summed E-state index contributed by atoms with van der Waals surface area (Å²) in [6, 6.07) is 9.92. The normalized spacial score (nSPS) is 11.3. The van der Waals surface area contributed by atoms with E-state index in [1.807, 2.05) is 36.6 Å². The molecule has 166 valence electrons. The van der Waals surface area contributed by atoms with E-state index >= 15 is 0 Å². The summed E-state index contributed by atoms with van der Waals surface area (Å²) in [6.45, 7) is 8.11. The Morgan fingerprint density at radius 3 is 2.65 bits per heavy atom. The van der Waals surface area contributed by atoms with Crippen LogP contribution in [0.4, 0.5) is 0 Å². The minimum absolute atomic E-state index is 0.199. The number of nitrogens with zero attached hydrogens (tertiary/aromatic N) is 5. The lowest BCUT2D eigenvalue weighted by Crippen LogP contribution is -2.25. The molecule has 2 aromatic heterocycles. The molecule has 0 aliphatic rings. The van der Waals surface area contributed by atoms with Crippen LogP contribution in [0.5, 0.6) is 0 Å². The van der Waals surface area contributed by atoms with Crippen LogP contribution in [0.2, 0.25) is 5.15 Å². The van der Waals surface area contributed by atoms with Crippen molar-refractivity contribution in [2.45, 2.75) is 51.9 Å². The zero-order valence-corrected chi connectivity index (χ0v) is 20.0. The Hall–Kier alpha value is -2.32. The highest BCUT2D eigenvalue weighted by atomic mass is 35.5. The fourth-order valence-corrected chi connectivity index (χ4v) is 4.26. The Labute approximate surface area is 192 Å². The number of thioether (sulfide) groups is 1. The molecule has 1 aromatic carbocycles. The van der Waals surface area contributed by atoms with E-state index < -0.39 is 0 Å². The third kappa shape index (κ3) is 5.89. The minimum atomic E-state index is -0.199. The summed E-state index contributed by atoms with van der Waals surface area (Å²) >= 11 is 8.09. The Morgan fingerprint density at radius 1 is 1.23 bits per heavy atom. The molecule has 0 fully saturated rings. The average molecular weight is 461 g/mol. The van der Waals surface area contributed by atoms with Crippen LogP contribution in [-0.2, 0) is 19.5 Å². The van der Waals surface area contributed by atoms with E-state index in [4.69, 9.17) is 11.6 Å². The molecule has 0 bridgehead atoms. The second-order valence-electron chi connectivity index (χ2n) is 7.86. The second kappa shape index (κ2) is 10.8. The molecule has 7 nitrogen and oxygen atoms in total. The summed E-state index contributed by atoms with van der Waals surface area (Å²) in [7, 11) is 0. The van der Waals surface area contributed by atoms with Crippen molar-refractivity contribution in [3.8, 4) is 0 Å². The average Bonchev–Trinajstić information content (AvgIpc) is 3.25. The first-order valence-electron chi connectivity index (χ1n) is 10.4. The van der Waals surface area contributed by atoms with Crippen LogP contribution < -0.4 is 5.32 Å². The molecular weight excluding hydrogens is 432 g/mol. The van der Waals surface area contributed by atoms with Crippen molar-refractivity contribution >= 4 is 29.3 Å². The molecule has 0 atom stereocenters. The first-order chi connectivity index (χ1) is 14.9. The predicted octanol–water partition coefficient (Wildman–Crippen LogP) is 4.23. The minimum Gasteiger partial charge on any atom is -0.352 e. The molecule has 2 heterocycles. The Morgan fingerprint density at radius 2 is 1.97 bits per heavy atom. The van der Waals surface area contributed by atoms with Gasteiger partial charge in [0.05, 0.1) is 17.8 Å². The number of aromatic nitrogens is 5. The van der Waals surface area contributed by atoms with Crippen LogP contribution in [0.1, 0.15) is 47.7 Å². The van der Waals surface area contributed by atoms with Gasteiger partial charge in [-0.25, -0.2) is 4.68 Å². The SMILES string of the molecule is CSc1nnc(CCCNC(=O)c2c(C)nn(Cc3ccccc3)c2Cl)n1CC(C)C. The molecule has 3 aromatic rings. The molecule has 0 saturated heterocycles. The van der Waals surface area contributed by atoms with Gasteiger partial charge in [0.15, 0.2) is 5.16 Å². The molecule has 0 unspecified atom stereocenters. The van der Waals surface area contributed by atoms with E-state index in [9.17, 15) is 4.79 Å². The Bertz CT molecular complexity index is 1010. The Balaban J connectivity index is 1.58. The van der Waals surface area contributed by atoms with E-state index in [1.165, 1.54) is 0 Å². The van der Waals surface area contributed by atoms with Gasteiger partial charge in [0, 0.05) is 19.5 Å². The van der Waals surface area contributed by atoms with Gasteiger partial charge >= 0.3 is 0 Å². The lowest BCUT2D eigenvalue weighted by Gasteiger charge is -2.11. The Kier molecular flexibility index (Phi) is 8.15. The summed E-state index contributed by atoms with van der Waals surface area (Å²) in [6.07, 6.45) is 3.53. The number of amides is 1. The van der Waals surface area contributed by atoms with E-state index in [0.717, 1.165) is 35.9 Å². The highest BCUT2D eigenvalue weighted by molar-refractivity contribution is 7.98. The zero-order valence-electron chi connectivity index (χ0n) is 18.4. The summed E-state index contributed by atoms with van der Waals surface area (Å²) in [5, 5.41) is 17.3. The van der Waals surface area contributed by atoms with Crippen LogP contribution in [0, 0.1) is 12.8 Å². The van der Waals surface area contributed by atoms with Crippen LogP contribution in [0.3, 0.4) is 0 Å². The van der Waals surface area contributed by atoms with Crippen LogP contribution in [-0.4, -0.2) is 43.3 Å². The summed E-state index contributed by atoms with van der Waals surface area (Å²) in [4.78, 5) is 12.7. The molecule has 0 aliphatic carbocycles. The first kappa shape index (κ1) is 23.3. The van der Waals surface area contributed by atoms with Gasteiger partial charge in [-0.1, -0.05) is 67.5 Å². The highest BCUT2D eigenvalue weighted by Crippen LogP contribution is 2.21. The van der Waals surface area contributed by atoms with Gasteiger partial charge in [0.1, 0.15) is 11.0 Å². The van der Waals surface area contributed by atoms with Crippen molar-refractivity contribution in [3.05, 3.63) is 58.1 Å². The van der Waals surface area contributed by atoms with Crippen molar-refractivity contribution < 1.29 is 4.79 Å². The fraction of sp³-hybridized carbons (Fsp3) is 0.455. The monoisotopic (exact) mass is 460 g/mol. The van der Waals surface area contributed by atoms with Crippen molar-refractivity contribution in [1.29, 1.82) is 0 Å². The molecule has 0 aliphatic heterocycles. The largest absolute Gasteiger partial charge is 0.352 e. The highest BCUT2D eigenvalue weighted by Gasteiger charge is 2.20. The van der Waals surface area contributed by atoms with Gasteiger partial charge in [-0.2, -0.15) is 5.10 Å². The first-order valence-corrected chi connectivity index (χ1v) is 12.0. The number of carbonyl (C=O) groups excluding carboxylic acids is 1. The maximum absolute atomic E-state index is 12.7. The van der Waals surface area contributed by atoms with Crippen molar-refractivity contribution in [3.63, 3.8) is 0 Å². The lowest BCUT2D eigenvalue weighted by atomic mass is 10.2. The van der Waals surface area contributed by atoms with E-state index in [2.05, 4.69) is 39.0 Å². The number of carbonyl (C=O) groups is 1. The van der Waals surface area contributed by atoms with Gasteiger partial charge in [0.25, 0.3) is 5.91 Å². The van der Waals surface area contributed by atoms with Crippen molar-refractivity contribution in [1.82, 2.24) is 29.9 Å². The van der Waals surface area contributed by atoms with Crippen LogP contribution in [0.25, 0.3) is 0 Å². The van der Waals surface area contributed by atoms with E-state index in [0.29, 0.717) is 35.4 Å². The quantitative estimate of drug-likeness (QED) is 0.362. The molecule has 1 amide bonds. The number of nitrogens with one attached hydrogen (secondary N) is 1. The van der Waals surface area contributed by atoms with Crippen molar-refractivity contribution in [2.75, 3.05) is 12.8 Å². The number of aryl methyl sites for hydroxylation is 2. The summed E-state index contributed by atoms with van der Waals surface area (Å²) in [5.74, 6) is 1.27. The fourth-order valence-electron chi connectivity index (χ4n) is 3.41. The van der Waals surface area contributed by atoms with Gasteiger partial charge < -0.3 is 9.88 Å². The van der Waals surface area contributed by atoms with Gasteiger partial charge in [-0.3, -0.25) is 4.79 Å². The lowest BCUT2D eigenvalue weighted by molar-refractivity contribution is 0.0952. The third-order valence-corrected chi connectivity index (χ3v) is 5.91. The number of hydrogen-bond acceptors (Lipinski definition) is 5. The number of rotatable bonds is 10. The topological polar surface area (TPSA) is 77.6 Å². The standard InChI is InChI=1S/C22H29ClN6OS/c1-15(2)13-28-18(25-26-22(28)31-4)11-8-12-24-21(30)19-16(3)27-29(20(19)23)14-17-9-6-5-7-10-17/h5-7,9-10,15H,8,11-14H2,1-4H3,(H,24,30). The van der Waals surface area contributed by atoms with E-state index in [-0.39, 0.29) is 5.91 Å². The van der Waals surface area contributed by atoms with Gasteiger partial charge in [-0.15, -0.1) is 10.2 Å². The molecular formula is C22H29ClN6OS. The van der Waals surface area contributed by atoms with E-state index in [1.54, 1.807) is 23.4 Å². The molecule has 9 heteroatoms. The molecule has 0 saturated carbocycles. The second-order valence-corrected chi connectivity index (χ2v) is 8.99. The van der Waals surface area contributed by atoms with Crippen molar-refractivity contribution in [2.24, 2.45) is 5.92 Å². The van der Waals surface area contributed by atoms with Crippen LogP contribution in [0.15, 0.2) is 35.5 Å².